The van der Waals surface area contributed by atoms with E-state index in [1.54, 1.807) is 25.3 Å². The number of fused-ring (bicyclic) bond motifs is 1. The van der Waals surface area contributed by atoms with Gasteiger partial charge in [0.25, 0.3) is 5.91 Å². The van der Waals surface area contributed by atoms with E-state index in [-0.39, 0.29) is 36.3 Å². The average molecular weight is 464 g/mol. The average Bonchev–Trinajstić information content (AvgIpc) is 3.22. The summed E-state index contributed by atoms with van der Waals surface area (Å²) in [5, 5.41) is 0.710. The molecule has 1 amide bonds. The summed E-state index contributed by atoms with van der Waals surface area (Å²) in [5.74, 6) is -1.77. The van der Waals surface area contributed by atoms with Crippen LogP contribution in [0.2, 0.25) is 0 Å². The number of hydrogen-bond donors (Lipinski definition) is 1. The Morgan fingerprint density at radius 3 is 2.65 bits per heavy atom. The van der Waals surface area contributed by atoms with Crippen molar-refractivity contribution in [3.63, 3.8) is 0 Å². The Morgan fingerprint density at radius 2 is 1.88 bits per heavy atom. The van der Waals surface area contributed by atoms with E-state index < -0.39 is 11.9 Å². The Labute approximate surface area is 194 Å². The molecule has 0 aliphatic carbocycles. The second kappa shape index (κ2) is 9.78. The number of aryl methyl sites for hydroxylation is 1. The smallest absolute Gasteiger partial charge is 0.304 e. The fourth-order valence-corrected chi connectivity index (χ4v) is 3.65. The molecule has 34 heavy (non-hydrogen) atoms. The highest BCUT2D eigenvalue weighted by molar-refractivity contribution is 5.98. The molecule has 4 rings (SSSR count). The highest BCUT2D eigenvalue weighted by Gasteiger charge is 2.23. The highest BCUT2D eigenvalue weighted by atomic mass is 19.1. The van der Waals surface area contributed by atoms with Crippen molar-refractivity contribution in [3.8, 4) is 11.3 Å². The van der Waals surface area contributed by atoms with E-state index >= 15 is 0 Å². The number of carbonyl (C=O) groups excluding carboxylic acids is 2. The third-order valence-electron chi connectivity index (χ3n) is 5.42. The monoisotopic (exact) mass is 464 g/mol. The molecule has 0 bridgehead atoms. The Morgan fingerprint density at radius 1 is 1.09 bits per heavy atom. The number of aromatic amines is 1. The van der Waals surface area contributed by atoms with Crippen LogP contribution in [-0.2, 0) is 16.0 Å². The first kappa shape index (κ1) is 23.0. The van der Waals surface area contributed by atoms with Gasteiger partial charge in [-0.05, 0) is 60.9 Å². The number of H-pyrrole nitrogens is 1. The van der Waals surface area contributed by atoms with Gasteiger partial charge in [0.15, 0.2) is 12.4 Å². The molecule has 7 nitrogen and oxygen atoms in total. The van der Waals surface area contributed by atoms with Gasteiger partial charge in [-0.25, -0.2) is 13.8 Å². The number of esters is 1. The minimum absolute atomic E-state index is 0.0469. The van der Waals surface area contributed by atoms with Gasteiger partial charge in [0.2, 0.25) is 0 Å². The number of halogens is 2. The van der Waals surface area contributed by atoms with Crippen molar-refractivity contribution < 1.29 is 23.1 Å². The summed E-state index contributed by atoms with van der Waals surface area (Å²) in [5.41, 5.74) is 2.86. The van der Waals surface area contributed by atoms with Gasteiger partial charge in [-0.3, -0.25) is 14.6 Å². The molecule has 4 aromatic rings. The maximum absolute atomic E-state index is 13.8. The van der Waals surface area contributed by atoms with Crippen molar-refractivity contribution in [3.05, 3.63) is 83.4 Å². The lowest BCUT2D eigenvalue weighted by Crippen LogP contribution is -2.36. The van der Waals surface area contributed by atoms with Crippen LogP contribution < -0.4 is 0 Å². The normalized spacial score (nSPS) is 10.9. The van der Waals surface area contributed by atoms with Crippen LogP contribution in [0.15, 0.2) is 55.0 Å². The van der Waals surface area contributed by atoms with Crippen LogP contribution in [0.1, 0.15) is 28.5 Å². The molecule has 0 unspecified atom stereocenters. The van der Waals surface area contributed by atoms with E-state index in [2.05, 4.69) is 15.0 Å². The predicted molar refractivity (Wildman–Crippen MR) is 122 cm³/mol. The molecule has 9 heteroatoms. The van der Waals surface area contributed by atoms with Crippen LogP contribution in [0.4, 0.5) is 8.78 Å². The molecule has 2 heterocycles. The topological polar surface area (TPSA) is 88.2 Å². The Bertz CT molecular complexity index is 1370. The van der Waals surface area contributed by atoms with E-state index in [1.165, 1.54) is 48.5 Å². The number of aromatic nitrogens is 3. The minimum atomic E-state index is -0.541. The fourth-order valence-electron chi connectivity index (χ4n) is 3.65. The SMILES string of the molecule is CC(=O)OCN(CCc1c[nH]c2ccc(F)cc12)C(=O)c1nccnc1-c1ccc(F)c(C)c1. The van der Waals surface area contributed by atoms with Gasteiger partial charge in [-0.2, -0.15) is 0 Å². The van der Waals surface area contributed by atoms with Crippen LogP contribution >= 0.6 is 0 Å². The van der Waals surface area contributed by atoms with E-state index in [0.29, 0.717) is 22.9 Å². The second-order valence-electron chi connectivity index (χ2n) is 7.80. The number of rotatable bonds is 7. The number of carbonyl (C=O) groups is 2. The molecule has 0 fully saturated rings. The zero-order chi connectivity index (χ0) is 24.2. The first-order valence-corrected chi connectivity index (χ1v) is 10.6. The van der Waals surface area contributed by atoms with Crippen molar-refractivity contribution in [1.29, 1.82) is 0 Å². The van der Waals surface area contributed by atoms with Crippen molar-refractivity contribution in [2.24, 2.45) is 0 Å². The molecule has 0 aliphatic heterocycles. The number of ether oxygens (including phenoxy) is 1. The summed E-state index contributed by atoms with van der Waals surface area (Å²) in [6.07, 6.45) is 4.97. The van der Waals surface area contributed by atoms with Crippen molar-refractivity contribution in [2.45, 2.75) is 20.3 Å². The highest BCUT2D eigenvalue weighted by Crippen LogP contribution is 2.24. The molecule has 0 aliphatic rings. The maximum Gasteiger partial charge on any atom is 0.304 e. The first-order chi connectivity index (χ1) is 16.3. The molecule has 0 radical (unpaired) electrons. The molecule has 1 N–H and O–H groups in total. The number of nitrogens with zero attached hydrogens (tertiary/aromatic N) is 3. The zero-order valence-electron chi connectivity index (χ0n) is 18.6. The lowest BCUT2D eigenvalue weighted by molar-refractivity contribution is -0.144. The van der Waals surface area contributed by atoms with Crippen LogP contribution in [0, 0.1) is 18.6 Å². The molecule has 2 aromatic heterocycles. The number of nitrogens with one attached hydrogen (secondary N) is 1. The van der Waals surface area contributed by atoms with Crippen LogP contribution in [-0.4, -0.2) is 45.0 Å². The van der Waals surface area contributed by atoms with Crippen molar-refractivity contribution in [2.75, 3.05) is 13.3 Å². The van der Waals surface area contributed by atoms with E-state index in [9.17, 15) is 18.4 Å². The third-order valence-corrected chi connectivity index (χ3v) is 5.42. The van der Waals surface area contributed by atoms with Gasteiger partial charge in [0.05, 0.1) is 0 Å². The maximum atomic E-state index is 13.8. The predicted octanol–water partition coefficient (Wildman–Crippen LogP) is 4.42. The first-order valence-electron chi connectivity index (χ1n) is 10.6. The standard InChI is InChI=1S/C25H22F2N4O3/c1-15-11-17(3-5-21(15)27)23-24(29-9-8-28-23)25(33)31(14-34-16(2)32)10-7-18-13-30-22-6-4-19(26)12-20(18)22/h3-6,8-9,11-13,30H,7,10,14H2,1-2H3. The second-order valence-corrected chi connectivity index (χ2v) is 7.80. The van der Waals surface area contributed by atoms with E-state index in [0.717, 1.165) is 11.1 Å². The van der Waals surface area contributed by atoms with Crippen LogP contribution in [0.25, 0.3) is 22.2 Å². The van der Waals surface area contributed by atoms with Gasteiger partial charge in [0, 0.05) is 48.5 Å². The van der Waals surface area contributed by atoms with Gasteiger partial charge in [0.1, 0.15) is 17.3 Å². The van der Waals surface area contributed by atoms with Crippen molar-refractivity contribution in [1.82, 2.24) is 19.9 Å². The number of benzene rings is 2. The molecule has 0 atom stereocenters. The fraction of sp³-hybridized carbons (Fsp3) is 0.200. The van der Waals surface area contributed by atoms with E-state index in [1.807, 2.05) is 0 Å². The molecule has 0 spiro atoms. The minimum Gasteiger partial charge on any atom is -0.444 e. The quantitative estimate of drug-likeness (QED) is 0.323. The molecular formula is C25H22F2N4O3. The summed E-state index contributed by atoms with van der Waals surface area (Å²) in [4.78, 5) is 37.8. The zero-order valence-corrected chi connectivity index (χ0v) is 18.6. The number of hydrogen-bond acceptors (Lipinski definition) is 5. The summed E-state index contributed by atoms with van der Waals surface area (Å²) in [7, 11) is 0. The molecule has 2 aromatic carbocycles. The Hall–Kier alpha value is -4.14. The van der Waals surface area contributed by atoms with E-state index in [4.69, 9.17) is 4.74 Å². The summed E-state index contributed by atoms with van der Waals surface area (Å²) in [6.45, 7) is 2.76. The largest absolute Gasteiger partial charge is 0.444 e. The summed E-state index contributed by atoms with van der Waals surface area (Å²) < 4.78 is 32.6. The lowest BCUT2D eigenvalue weighted by Gasteiger charge is -2.22. The third kappa shape index (κ3) is 4.93. The Kier molecular flexibility index (Phi) is 6.62. The molecule has 174 valence electrons. The molecule has 0 saturated heterocycles. The van der Waals surface area contributed by atoms with Gasteiger partial charge < -0.3 is 14.6 Å². The lowest BCUT2D eigenvalue weighted by atomic mass is 10.1. The van der Waals surface area contributed by atoms with Crippen molar-refractivity contribution >= 4 is 22.8 Å². The van der Waals surface area contributed by atoms with Crippen LogP contribution in [0.3, 0.4) is 0 Å². The van der Waals surface area contributed by atoms with Gasteiger partial charge in [-0.1, -0.05) is 0 Å². The van der Waals surface area contributed by atoms with Gasteiger partial charge >= 0.3 is 5.97 Å². The molecule has 0 saturated carbocycles. The van der Waals surface area contributed by atoms with Gasteiger partial charge in [-0.15, -0.1) is 0 Å². The summed E-state index contributed by atoms with van der Waals surface area (Å²) in [6, 6.07) is 8.86. The Balaban J connectivity index is 1.63. The molecular weight excluding hydrogens is 442 g/mol. The number of amides is 1. The summed E-state index contributed by atoms with van der Waals surface area (Å²) >= 11 is 0. The van der Waals surface area contributed by atoms with Crippen LogP contribution in [0.5, 0.6) is 0 Å².